The average Bonchev–Trinajstić information content (AvgIpc) is 2.52. The molecule has 0 N–H and O–H groups in total. The molecule has 0 aliphatic heterocycles. The second-order valence-electron chi connectivity index (χ2n) is 4.08. The minimum Gasteiger partial charge on any atom is -0.270 e. The van der Waals surface area contributed by atoms with E-state index in [1.807, 2.05) is 18.7 Å². The van der Waals surface area contributed by atoms with Gasteiger partial charge in [0, 0.05) is 25.2 Å². The molecule has 1 saturated carbocycles. The standard InChI is InChI=1S/C9H13BF2N2/c10-7-5-13-14(6-7)8-1-3-9(11,12)4-2-8/h5-6,8H,1-4,10H2. The summed E-state index contributed by atoms with van der Waals surface area (Å²) < 4.78 is 27.6. The maximum Gasteiger partial charge on any atom is 0.248 e. The minimum absolute atomic E-state index is 0.00340. The van der Waals surface area contributed by atoms with E-state index in [1.165, 1.54) is 0 Å². The van der Waals surface area contributed by atoms with Crippen LogP contribution in [0.15, 0.2) is 12.4 Å². The summed E-state index contributed by atoms with van der Waals surface area (Å²) in [4.78, 5) is 0. The summed E-state index contributed by atoms with van der Waals surface area (Å²) in [5.41, 5.74) is 1.09. The third-order valence-corrected chi connectivity index (χ3v) is 2.79. The molecule has 5 heteroatoms. The Morgan fingerprint density at radius 3 is 2.57 bits per heavy atom. The summed E-state index contributed by atoms with van der Waals surface area (Å²) in [7, 11) is 1.96. The van der Waals surface area contributed by atoms with Crippen LogP contribution in [0.25, 0.3) is 0 Å². The fourth-order valence-corrected chi connectivity index (χ4v) is 1.92. The van der Waals surface area contributed by atoms with Gasteiger partial charge in [-0.25, -0.2) is 8.78 Å². The molecule has 1 aliphatic rings. The lowest BCUT2D eigenvalue weighted by Gasteiger charge is -2.28. The quantitative estimate of drug-likeness (QED) is 0.612. The Kier molecular flexibility index (Phi) is 2.33. The van der Waals surface area contributed by atoms with Crippen LogP contribution >= 0.6 is 0 Å². The van der Waals surface area contributed by atoms with Crippen molar-refractivity contribution in [2.24, 2.45) is 0 Å². The zero-order chi connectivity index (χ0) is 10.2. The third kappa shape index (κ3) is 1.96. The van der Waals surface area contributed by atoms with E-state index in [2.05, 4.69) is 5.10 Å². The Hall–Kier alpha value is -0.865. The highest BCUT2D eigenvalue weighted by Gasteiger charge is 2.35. The number of rotatable bonds is 1. The van der Waals surface area contributed by atoms with Gasteiger partial charge in [-0.3, -0.25) is 4.68 Å². The van der Waals surface area contributed by atoms with Crippen molar-refractivity contribution in [1.29, 1.82) is 0 Å². The summed E-state index contributed by atoms with van der Waals surface area (Å²) in [6, 6.07) is 0.170. The van der Waals surface area contributed by atoms with Crippen LogP contribution in [0.1, 0.15) is 31.7 Å². The SMILES string of the molecule is Bc1cnn(C2CCC(F)(F)CC2)c1. The predicted octanol–water partition coefficient (Wildman–Crippen LogP) is 0.892. The Balaban J connectivity index is 2.02. The highest BCUT2D eigenvalue weighted by molar-refractivity contribution is 6.31. The summed E-state index contributed by atoms with van der Waals surface area (Å²) >= 11 is 0. The van der Waals surface area contributed by atoms with Gasteiger partial charge >= 0.3 is 0 Å². The Morgan fingerprint density at radius 2 is 2.07 bits per heavy atom. The monoisotopic (exact) mass is 198 g/mol. The maximum absolute atomic E-state index is 12.9. The molecule has 1 heterocycles. The van der Waals surface area contributed by atoms with Gasteiger partial charge in [-0.1, -0.05) is 5.46 Å². The van der Waals surface area contributed by atoms with Gasteiger partial charge in [0.05, 0.1) is 6.04 Å². The van der Waals surface area contributed by atoms with Gasteiger partial charge in [-0.05, 0) is 12.8 Å². The lowest BCUT2D eigenvalue weighted by Crippen LogP contribution is -2.26. The highest BCUT2D eigenvalue weighted by Crippen LogP contribution is 2.37. The van der Waals surface area contributed by atoms with E-state index in [1.54, 1.807) is 6.20 Å². The molecule has 14 heavy (non-hydrogen) atoms. The minimum atomic E-state index is -2.45. The molecule has 0 saturated heterocycles. The van der Waals surface area contributed by atoms with Crippen molar-refractivity contribution >= 4 is 13.3 Å². The van der Waals surface area contributed by atoms with Crippen LogP contribution in [0.4, 0.5) is 8.78 Å². The van der Waals surface area contributed by atoms with Crippen molar-refractivity contribution in [3.05, 3.63) is 12.4 Å². The lowest BCUT2D eigenvalue weighted by atomic mass is 9.92. The van der Waals surface area contributed by atoms with Crippen molar-refractivity contribution in [2.75, 3.05) is 0 Å². The molecule has 0 amide bonds. The molecule has 1 fully saturated rings. The Bertz CT molecular complexity index is 314. The number of halogens is 2. The summed E-state index contributed by atoms with van der Waals surface area (Å²) in [5, 5.41) is 4.16. The topological polar surface area (TPSA) is 17.8 Å². The van der Waals surface area contributed by atoms with Crippen LogP contribution in [0, 0.1) is 0 Å². The van der Waals surface area contributed by atoms with Crippen molar-refractivity contribution in [2.45, 2.75) is 37.6 Å². The van der Waals surface area contributed by atoms with Gasteiger partial charge in [0.15, 0.2) is 0 Å². The molecule has 0 aromatic carbocycles. The lowest BCUT2D eigenvalue weighted by molar-refractivity contribution is -0.0449. The smallest absolute Gasteiger partial charge is 0.248 e. The number of nitrogens with zero attached hydrogens (tertiary/aromatic N) is 2. The van der Waals surface area contributed by atoms with Crippen LogP contribution in [0.3, 0.4) is 0 Å². The fourth-order valence-electron chi connectivity index (χ4n) is 1.92. The largest absolute Gasteiger partial charge is 0.270 e. The van der Waals surface area contributed by atoms with E-state index in [0.29, 0.717) is 12.8 Å². The first kappa shape index (κ1) is 9.68. The highest BCUT2D eigenvalue weighted by atomic mass is 19.3. The van der Waals surface area contributed by atoms with Gasteiger partial charge < -0.3 is 0 Å². The molecule has 1 aromatic rings. The first-order valence-electron chi connectivity index (χ1n) is 4.95. The molecule has 0 radical (unpaired) electrons. The third-order valence-electron chi connectivity index (χ3n) is 2.79. The molecule has 0 spiro atoms. The van der Waals surface area contributed by atoms with E-state index < -0.39 is 5.92 Å². The van der Waals surface area contributed by atoms with Crippen LogP contribution < -0.4 is 5.46 Å². The van der Waals surface area contributed by atoms with E-state index in [4.69, 9.17) is 0 Å². The zero-order valence-electron chi connectivity index (χ0n) is 8.21. The van der Waals surface area contributed by atoms with Gasteiger partial charge in [-0.15, -0.1) is 0 Å². The number of aromatic nitrogens is 2. The molecule has 0 bridgehead atoms. The van der Waals surface area contributed by atoms with E-state index in [0.717, 1.165) is 5.46 Å². The molecular formula is C9H13BF2N2. The molecule has 76 valence electrons. The van der Waals surface area contributed by atoms with Crippen LogP contribution in [0.2, 0.25) is 0 Å². The molecular weight excluding hydrogens is 185 g/mol. The molecule has 1 aliphatic carbocycles. The first-order chi connectivity index (χ1) is 6.57. The Labute approximate surface area is 82.7 Å². The van der Waals surface area contributed by atoms with Crippen LogP contribution in [0.5, 0.6) is 0 Å². The molecule has 0 atom stereocenters. The molecule has 2 rings (SSSR count). The normalized spacial score (nSPS) is 22.4. The number of hydrogen-bond acceptors (Lipinski definition) is 1. The second kappa shape index (κ2) is 3.37. The van der Waals surface area contributed by atoms with Gasteiger partial charge in [0.1, 0.15) is 7.85 Å². The van der Waals surface area contributed by atoms with Crippen molar-refractivity contribution in [3.63, 3.8) is 0 Å². The number of hydrogen-bond donors (Lipinski definition) is 0. The second-order valence-corrected chi connectivity index (χ2v) is 4.08. The average molecular weight is 198 g/mol. The van der Waals surface area contributed by atoms with Crippen molar-refractivity contribution in [3.8, 4) is 0 Å². The molecule has 1 aromatic heterocycles. The first-order valence-corrected chi connectivity index (χ1v) is 4.95. The van der Waals surface area contributed by atoms with E-state index >= 15 is 0 Å². The van der Waals surface area contributed by atoms with Crippen LogP contribution in [-0.4, -0.2) is 23.5 Å². The summed E-state index contributed by atoms with van der Waals surface area (Å²) in [5.74, 6) is -2.45. The van der Waals surface area contributed by atoms with Crippen molar-refractivity contribution in [1.82, 2.24) is 9.78 Å². The zero-order valence-corrected chi connectivity index (χ0v) is 8.21. The molecule has 2 nitrogen and oxygen atoms in total. The Morgan fingerprint density at radius 1 is 1.43 bits per heavy atom. The van der Waals surface area contributed by atoms with Gasteiger partial charge in [-0.2, -0.15) is 5.10 Å². The van der Waals surface area contributed by atoms with Crippen molar-refractivity contribution < 1.29 is 8.78 Å². The predicted molar refractivity (Wildman–Crippen MR) is 52.9 cm³/mol. The fraction of sp³-hybridized carbons (Fsp3) is 0.667. The van der Waals surface area contributed by atoms with E-state index in [-0.39, 0.29) is 18.9 Å². The summed E-state index contributed by atoms with van der Waals surface area (Å²) in [6.45, 7) is 0. The van der Waals surface area contributed by atoms with Gasteiger partial charge in [0.25, 0.3) is 0 Å². The van der Waals surface area contributed by atoms with Gasteiger partial charge in [0.2, 0.25) is 5.92 Å². The van der Waals surface area contributed by atoms with E-state index in [9.17, 15) is 8.78 Å². The van der Waals surface area contributed by atoms with Crippen LogP contribution in [-0.2, 0) is 0 Å². The number of alkyl halides is 2. The molecule has 0 unspecified atom stereocenters. The maximum atomic E-state index is 12.9. The summed E-state index contributed by atoms with van der Waals surface area (Å²) in [6.07, 6.45) is 4.76.